The van der Waals surface area contributed by atoms with Crippen LogP contribution in [0, 0.1) is 12.7 Å². The molecule has 0 saturated carbocycles. The molecule has 0 fully saturated rings. The van der Waals surface area contributed by atoms with Gasteiger partial charge in [-0.3, -0.25) is 9.67 Å². The lowest BCUT2D eigenvalue weighted by atomic mass is 10.0. The number of carbonyl (C=O) groups is 1. The van der Waals surface area contributed by atoms with E-state index < -0.39 is 5.97 Å². The van der Waals surface area contributed by atoms with E-state index in [4.69, 9.17) is 0 Å². The van der Waals surface area contributed by atoms with Gasteiger partial charge in [0.05, 0.1) is 23.3 Å². The monoisotopic (exact) mass is 375 g/mol. The van der Waals surface area contributed by atoms with E-state index >= 15 is 0 Å². The molecule has 0 saturated heterocycles. The Bertz CT molecular complexity index is 1170. The summed E-state index contributed by atoms with van der Waals surface area (Å²) >= 11 is 0. The zero-order valence-electron chi connectivity index (χ0n) is 15.3. The summed E-state index contributed by atoms with van der Waals surface area (Å²) < 4.78 is 15.7. The average molecular weight is 375 g/mol. The van der Waals surface area contributed by atoms with Crippen LogP contribution in [-0.2, 0) is 13.0 Å². The number of aryl methyl sites for hydroxylation is 1. The van der Waals surface area contributed by atoms with Crippen molar-refractivity contribution in [2.75, 3.05) is 0 Å². The average Bonchev–Trinajstić information content (AvgIpc) is 3.00. The van der Waals surface area contributed by atoms with Gasteiger partial charge in [-0.25, -0.2) is 9.18 Å². The predicted octanol–water partition coefficient (Wildman–Crippen LogP) is 4.22. The van der Waals surface area contributed by atoms with Crippen LogP contribution in [0.3, 0.4) is 0 Å². The number of aromatic carboxylic acids is 1. The quantitative estimate of drug-likeness (QED) is 0.567. The number of hydrogen-bond acceptors (Lipinski definition) is 3. The third kappa shape index (κ3) is 3.49. The summed E-state index contributed by atoms with van der Waals surface area (Å²) in [6.07, 6.45) is 3.23. The number of carboxylic acids is 1. The Hall–Kier alpha value is -3.54. The Kier molecular flexibility index (Phi) is 4.61. The summed E-state index contributed by atoms with van der Waals surface area (Å²) in [7, 11) is 0. The van der Waals surface area contributed by atoms with Crippen molar-refractivity contribution < 1.29 is 14.3 Å². The Morgan fingerprint density at radius 3 is 2.68 bits per heavy atom. The van der Waals surface area contributed by atoms with Gasteiger partial charge in [-0.15, -0.1) is 0 Å². The Morgan fingerprint density at radius 2 is 1.93 bits per heavy atom. The highest BCUT2D eigenvalue weighted by molar-refractivity contribution is 5.89. The van der Waals surface area contributed by atoms with Crippen LogP contribution in [0.1, 0.15) is 32.7 Å². The molecule has 140 valence electrons. The molecule has 0 radical (unpaired) electrons. The third-order valence-electron chi connectivity index (χ3n) is 4.73. The first-order valence-electron chi connectivity index (χ1n) is 8.88. The molecule has 0 aliphatic heterocycles. The van der Waals surface area contributed by atoms with E-state index in [1.165, 1.54) is 36.2 Å². The molecule has 6 heteroatoms. The van der Waals surface area contributed by atoms with Crippen LogP contribution < -0.4 is 0 Å². The number of pyridine rings is 1. The van der Waals surface area contributed by atoms with Crippen LogP contribution in [0.2, 0.25) is 0 Å². The van der Waals surface area contributed by atoms with Crippen molar-refractivity contribution in [3.05, 3.63) is 94.7 Å². The first-order valence-corrected chi connectivity index (χ1v) is 8.88. The predicted molar refractivity (Wildman–Crippen MR) is 104 cm³/mol. The molecule has 4 aromatic rings. The Labute approximate surface area is 161 Å². The van der Waals surface area contributed by atoms with Gasteiger partial charge in [0.2, 0.25) is 0 Å². The van der Waals surface area contributed by atoms with Crippen LogP contribution >= 0.6 is 0 Å². The van der Waals surface area contributed by atoms with Gasteiger partial charge in [-0.1, -0.05) is 29.8 Å². The van der Waals surface area contributed by atoms with Gasteiger partial charge in [0.15, 0.2) is 0 Å². The van der Waals surface area contributed by atoms with Crippen LogP contribution in [-0.4, -0.2) is 25.8 Å². The first kappa shape index (κ1) is 17.9. The highest BCUT2D eigenvalue weighted by atomic mass is 19.1. The summed E-state index contributed by atoms with van der Waals surface area (Å²) in [5.41, 5.74) is 4.40. The molecule has 2 heterocycles. The van der Waals surface area contributed by atoms with Crippen LogP contribution in [0.15, 0.2) is 60.9 Å². The molecule has 4 rings (SSSR count). The molecule has 0 amide bonds. The molecule has 0 atom stereocenters. The fourth-order valence-electron chi connectivity index (χ4n) is 3.29. The van der Waals surface area contributed by atoms with Gasteiger partial charge in [-0.05, 0) is 42.3 Å². The van der Waals surface area contributed by atoms with Crippen LogP contribution in [0.25, 0.3) is 10.9 Å². The topological polar surface area (TPSA) is 68.0 Å². The summed E-state index contributed by atoms with van der Waals surface area (Å²) in [5, 5.41) is 14.8. The number of fused-ring (bicyclic) bond motifs is 1. The number of benzene rings is 2. The number of aromatic nitrogens is 3. The maximum Gasteiger partial charge on any atom is 0.336 e. The molecule has 0 unspecified atom stereocenters. The van der Waals surface area contributed by atoms with E-state index in [-0.39, 0.29) is 17.8 Å². The lowest BCUT2D eigenvalue weighted by molar-refractivity contribution is 0.0695. The van der Waals surface area contributed by atoms with Crippen molar-refractivity contribution in [2.24, 2.45) is 0 Å². The minimum absolute atomic E-state index is 0.174. The van der Waals surface area contributed by atoms with E-state index in [0.717, 1.165) is 11.1 Å². The molecule has 28 heavy (non-hydrogen) atoms. The highest BCUT2D eigenvalue weighted by Gasteiger charge is 2.16. The Morgan fingerprint density at radius 1 is 1.14 bits per heavy atom. The second-order valence-corrected chi connectivity index (χ2v) is 6.77. The van der Waals surface area contributed by atoms with E-state index in [9.17, 15) is 14.3 Å². The standard InChI is InChI=1S/C22H18FN3O2/c1-14-2-4-15(5-3-14)13-26-21-7-6-17(23)11-19(21)20(25-26)10-16-12-24-9-8-18(16)22(27)28/h2-9,11-12H,10,13H2,1H3,(H,27,28). The lowest BCUT2D eigenvalue weighted by Crippen LogP contribution is -2.05. The molecular formula is C22H18FN3O2. The van der Waals surface area contributed by atoms with Crippen molar-refractivity contribution in [1.29, 1.82) is 0 Å². The number of nitrogens with zero attached hydrogens (tertiary/aromatic N) is 3. The fourth-order valence-corrected chi connectivity index (χ4v) is 3.29. The van der Waals surface area contributed by atoms with Crippen LogP contribution in [0.4, 0.5) is 4.39 Å². The number of hydrogen-bond donors (Lipinski definition) is 1. The summed E-state index contributed by atoms with van der Waals surface area (Å²) in [6, 6.07) is 14.2. The molecule has 2 aromatic carbocycles. The molecule has 1 N–H and O–H groups in total. The zero-order valence-corrected chi connectivity index (χ0v) is 15.3. The molecule has 0 aliphatic rings. The van der Waals surface area contributed by atoms with Crippen molar-refractivity contribution in [3.8, 4) is 0 Å². The molecule has 0 bridgehead atoms. The minimum Gasteiger partial charge on any atom is -0.478 e. The Balaban J connectivity index is 1.77. The zero-order chi connectivity index (χ0) is 19.7. The maximum atomic E-state index is 13.9. The summed E-state index contributed by atoms with van der Waals surface area (Å²) in [5.74, 6) is -1.37. The second-order valence-electron chi connectivity index (χ2n) is 6.77. The van der Waals surface area contributed by atoms with Gasteiger partial charge in [0, 0.05) is 24.2 Å². The van der Waals surface area contributed by atoms with E-state index in [0.29, 0.717) is 23.2 Å². The SMILES string of the molecule is Cc1ccc(Cn2nc(Cc3cnccc3C(=O)O)c3cc(F)ccc32)cc1. The maximum absolute atomic E-state index is 13.9. The minimum atomic E-state index is -1.02. The lowest BCUT2D eigenvalue weighted by Gasteiger charge is -2.05. The number of rotatable bonds is 5. The normalized spacial score (nSPS) is 11.1. The van der Waals surface area contributed by atoms with Crippen molar-refractivity contribution in [2.45, 2.75) is 19.9 Å². The molecule has 0 spiro atoms. The van der Waals surface area contributed by atoms with E-state index in [1.54, 1.807) is 6.07 Å². The fraction of sp³-hybridized carbons (Fsp3) is 0.136. The van der Waals surface area contributed by atoms with Gasteiger partial charge >= 0.3 is 5.97 Å². The smallest absolute Gasteiger partial charge is 0.336 e. The molecule has 5 nitrogen and oxygen atoms in total. The van der Waals surface area contributed by atoms with Crippen LogP contribution in [0.5, 0.6) is 0 Å². The van der Waals surface area contributed by atoms with Crippen molar-refractivity contribution >= 4 is 16.9 Å². The third-order valence-corrected chi connectivity index (χ3v) is 4.73. The van der Waals surface area contributed by atoms with E-state index in [2.05, 4.69) is 10.1 Å². The highest BCUT2D eigenvalue weighted by Crippen LogP contribution is 2.24. The molecule has 0 aliphatic carbocycles. The van der Waals surface area contributed by atoms with Gasteiger partial charge < -0.3 is 5.11 Å². The summed E-state index contributed by atoms with van der Waals surface area (Å²) in [4.78, 5) is 15.5. The number of halogens is 1. The van der Waals surface area contributed by atoms with Gasteiger partial charge in [-0.2, -0.15) is 5.10 Å². The number of carboxylic acid groups (broad SMARTS) is 1. The largest absolute Gasteiger partial charge is 0.478 e. The van der Waals surface area contributed by atoms with Gasteiger partial charge in [0.25, 0.3) is 0 Å². The summed E-state index contributed by atoms with van der Waals surface area (Å²) in [6.45, 7) is 2.57. The van der Waals surface area contributed by atoms with Crippen molar-refractivity contribution in [1.82, 2.24) is 14.8 Å². The van der Waals surface area contributed by atoms with Crippen molar-refractivity contribution in [3.63, 3.8) is 0 Å². The van der Waals surface area contributed by atoms with Gasteiger partial charge in [0.1, 0.15) is 5.82 Å². The first-order chi connectivity index (χ1) is 13.5. The van der Waals surface area contributed by atoms with E-state index in [1.807, 2.05) is 35.9 Å². The second kappa shape index (κ2) is 7.23. The molecule has 2 aromatic heterocycles. The molecular weight excluding hydrogens is 357 g/mol.